The Morgan fingerprint density at radius 3 is 2.79 bits per heavy atom. The van der Waals surface area contributed by atoms with Crippen LogP contribution in [0, 0.1) is 5.82 Å². The van der Waals surface area contributed by atoms with E-state index in [-0.39, 0.29) is 34.4 Å². The molecule has 5 nitrogen and oxygen atoms in total. The lowest BCUT2D eigenvalue weighted by Crippen LogP contribution is -1.98. The summed E-state index contributed by atoms with van der Waals surface area (Å²) in [5.41, 5.74) is 1.43. The van der Waals surface area contributed by atoms with Gasteiger partial charge in [0.05, 0.1) is 0 Å². The first kappa shape index (κ1) is 14.3. The van der Waals surface area contributed by atoms with Crippen LogP contribution in [0.5, 0.6) is 17.2 Å². The maximum absolute atomic E-state index is 13.5. The van der Waals surface area contributed by atoms with Gasteiger partial charge in [0.2, 0.25) is 5.78 Å². The molecular formula is C18H12FNO4. The molecule has 1 aromatic heterocycles. The monoisotopic (exact) mass is 325 g/mol. The van der Waals surface area contributed by atoms with Crippen LogP contribution in [0.15, 0.2) is 42.3 Å². The van der Waals surface area contributed by atoms with Crippen molar-refractivity contribution in [3.63, 3.8) is 0 Å². The minimum atomic E-state index is -0.490. The third-order valence-electron chi connectivity index (χ3n) is 4.01. The van der Waals surface area contributed by atoms with Crippen LogP contribution in [0.25, 0.3) is 17.0 Å². The van der Waals surface area contributed by atoms with Crippen molar-refractivity contribution in [1.29, 1.82) is 0 Å². The van der Waals surface area contributed by atoms with Gasteiger partial charge in [-0.25, -0.2) is 4.39 Å². The summed E-state index contributed by atoms with van der Waals surface area (Å²) in [6.07, 6.45) is 3.26. The Hall–Kier alpha value is -3.28. The van der Waals surface area contributed by atoms with E-state index in [1.165, 1.54) is 24.3 Å². The molecule has 2 aromatic carbocycles. The van der Waals surface area contributed by atoms with Crippen LogP contribution in [-0.2, 0) is 7.05 Å². The van der Waals surface area contributed by atoms with Crippen molar-refractivity contribution in [2.24, 2.45) is 7.05 Å². The number of phenols is 2. The average Bonchev–Trinajstić information content (AvgIpc) is 2.97. The molecule has 0 spiro atoms. The number of nitrogens with zero attached hydrogens (tertiary/aromatic N) is 1. The van der Waals surface area contributed by atoms with Crippen LogP contribution in [0.2, 0.25) is 0 Å². The predicted molar refractivity (Wildman–Crippen MR) is 85.6 cm³/mol. The normalized spacial score (nSPS) is 15.1. The van der Waals surface area contributed by atoms with Gasteiger partial charge < -0.3 is 19.5 Å². The lowest BCUT2D eigenvalue weighted by molar-refractivity contribution is 0.101. The number of ketones is 1. The van der Waals surface area contributed by atoms with E-state index in [0.717, 1.165) is 11.6 Å². The number of aromatic nitrogens is 1. The molecule has 0 atom stereocenters. The number of halogens is 1. The van der Waals surface area contributed by atoms with Crippen molar-refractivity contribution >= 4 is 22.8 Å². The largest absolute Gasteiger partial charge is 0.508 e. The number of rotatable bonds is 1. The van der Waals surface area contributed by atoms with Gasteiger partial charge in [-0.2, -0.15) is 0 Å². The number of hydrogen-bond donors (Lipinski definition) is 2. The van der Waals surface area contributed by atoms with Crippen molar-refractivity contribution in [2.45, 2.75) is 0 Å². The van der Waals surface area contributed by atoms with E-state index in [4.69, 9.17) is 4.74 Å². The van der Waals surface area contributed by atoms with E-state index in [1.54, 1.807) is 12.3 Å². The van der Waals surface area contributed by atoms with Gasteiger partial charge >= 0.3 is 0 Å². The highest BCUT2D eigenvalue weighted by Crippen LogP contribution is 2.41. The minimum Gasteiger partial charge on any atom is -0.508 e. The number of benzene rings is 2. The summed E-state index contributed by atoms with van der Waals surface area (Å²) in [6.45, 7) is 0. The van der Waals surface area contributed by atoms with E-state index in [1.807, 2.05) is 11.6 Å². The predicted octanol–water partition coefficient (Wildman–Crippen LogP) is 3.34. The average molecular weight is 325 g/mol. The Morgan fingerprint density at radius 2 is 2.00 bits per heavy atom. The van der Waals surface area contributed by atoms with E-state index < -0.39 is 5.78 Å². The van der Waals surface area contributed by atoms with Crippen molar-refractivity contribution in [3.05, 3.63) is 59.2 Å². The Bertz CT molecular complexity index is 1050. The standard InChI is InChI=1S/C18H12FNO4/c1-20-8-9(12-5-10(19)2-3-13(12)20)4-16-18(23)17-14(22)6-11(21)7-15(17)24-16/h2-8,21-22H,1H3/b16-4+. The molecule has 6 heteroatoms. The van der Waals surface area contributed by atoms with Crippen LogP contribution in [0.4, 0.5) is 4.39 Å². The summed E-state index contributed by atoms with van der Waals surface area (Å²) in [5.74, 6) is -1.32. The first-order valence-electron chi connectivity index (χ1n) is 7.19. The maximum atomic E-state index is 13.5. The molecular weight excluding hydrogens is 313 g/mol. The number of ether oxygens (including phenoxy) is 1. The number of fused-ring (bicyclic) bond motifs is 2. The van der Waals surface area contributed by atoms with Gasteiger partial charge in [0.1, 0.15) is 28.6 Å². The summed E-state index contributed by atoms with van der Waals surface area (Å²) >= 11 is 0. The van der Waals surface area contributed by atoms with Crippen molar-refractivity contribution < 1.29 is 24.1 Å². The fourth-order valence-corrected chi connectivity index (χ4v) is 2.93. The molecule has 1 aliphatic rings. The summed E-state index contributed by atoms with van der Waals surface area (Å²) in [5, 5.41) is 20.0. The third-order valence-corrected chi connectivity index (χ3v) is 4.01. The number of hydrogen-bond acceptors (Lipinski definition) is 4. The van der Waals surface area contributed by atoms with Crippen LogP contribution < -0.4 is 4.74 Å². The van der Waals surface area contributed by atoms with Crippen LogP contribution in [0.3, 0.4) is 0 Å². The molecule has 0 amide bonds. The summed E-state index contributed by atoms with van der Waals surface area (Å²) < 4.78 is 20.8. The molecule has 2 N–H and O–H groups in total. The molecule has 0 saturated heterocycles. The quantitative estimate of drug-likeness (QED) is 0.673. The summed E-state index contributed by atoms with van der Waals surface area (Å²) in [7, 11) is 1.82. The zero-order valence-corrected chi connectivity index (χ0v) is 12.6. The molecule has 0 bridgehead atoms. The highest BCUT2D eigenvalue weighted by atomic mass is 19.1. The molecule has 1 aliphatic heterocycles. The molecule has 0 unspecified atom stereocenters. The summed E-state index contributed by atoms with van der Waals surface area (Å²) in [4.78, 5) is 12.4. The van der Waals surface area contributed by atoms with Gasteiger partial charge in [-0.15, -0.1) is 0 Å². The first-order chi connectivity index (χ1) is 11.4. The van der Waals surface area contributed by atoms with Gasteiger partial charge in [-0.05, 0) is 24.3 Å². The lowest BCUT2D eigenvalue weighted by Gasteiger charge is -2.00. The van der Waals surface area contributed by atoms with Gasteiger partial charge in [-0.3, -0.25) is 4.79 Å². The van der Waals surface area contributed by atoms with Crippen LogP contribution in [-0.4, -0.2) is 20.6 Å². The van der Waals surface area contributed by atoms with Gasteiger partial charge in [-0.1, -0.05) is 0 Å². The number of Topliss-reactive ketones (excluding diaryl/α,β-unsaturated/α-hetero) is 1. The molecule has 2 heterocycles. The molecule has 4 rings (SSSR count). The number of carbonyl (C=O) groups is 1. The Balaban J connectivity index is 1.85. The van der Waals surface area contributed by atoms with E-state index >= 15 is 0 Å². The first-order valence-corrected chi connectivity index (χ1v) is 7.19. The highest BCUT2D eigenvalue weighted by Gasteiger charge is 2.31. The Morgan fingerprint density at radius 1 is 1.21 bits per heavy atom. The van der Waals surface area contributed by atoms with E-state index in [0.29, 0.717) is 10.9 Å². The number of phenolic OH excluding ortho intramolecular Hbond substituents is 2. The van der Waals surface area contributed by atoms with Crippen molar-refractivity contribution in [2.75, 3.05) is 0 Å². The molecule has 0 radical (unpaired) electrons. The van der Waals surface area contributed by atoms with Crippen molar-refractivity contribution in [3.8, 4) is 17.2 Å². The molecule has 0 fully saturated rings. The number of aryl methyl sites for hydroxylation is 1. The molecule has 0 aliphatic carbocycles. The highest BCUT2D eigenvalue weighted by molar-refractivity contribution is 6.16. The Kier molecular flexibility index (Phi) is 2.90. The minimum absolute atomic E-state index is 0.00246. The second-order valence-corrected chi connectivity index (χ2v) is 5.63. The van der Waals surface area contributed by atoms with Gasteiger partial charge in [0.25, 0.3) is 0 Å². The fraction of sp³-hybridized carbons (Fsp3) is 0.0556. The molecule has 0 saturated carbocycles. The topological polar surface area (TPSA) is 71.7 Å². The second-order valence-electron chi connectivity index (χ2n) is 5.63. The van der Waals surface area contributed by atoms with Crippen LogP contribution in [0.1, 0.15) is 15.9 Å². The van der Waals surface area contributed by atoms with Gasteiger partial charge in [0, 0.05) is 41.8 Å². The summed E-state index contributed by atoms with van der Waals surface area (Å²) in [6, 6.07) is 6.75. The molecule has 120 valence electrons. The lowest BCUT2D eigenvalue weighted by atomic mass is 10.1. The molecule has 3 aromatic rings. The zero-order chi connectivity index (χ0) is 17.0. The Labute approximate surface area is 135 Å². The zero-order valence-electron chi connectivity index (χ0n) is 12.6. The van der Waals surface area contributed by atoms with E-state index in [9.17, 15) is 19.4 Å². The molecule has 24 heavy (non-hydrogen) atoms. The third kappa shape index (κ3) is 2.04. The fourth-order valence-electron chi connectivity index (χ4n) is 2.93. The number of aromatic hydroxyl groups is 2. The van der Waals surface area contributed by atoms with Gasteiger partial charge in [0.15, 0.2) is 5.76 Å². The number of allylic oxidation sites excluding steroid dienone is 1. The van der Waals surface area contributed by atoms with Crippen molar-refractivity contribution in [1.82, 2.24) is 4.57 Å². The SMILES string of the molecule is Cn1cc(/C=C2/Oc3cc(O)cc(O)c3C2=O)c2cc(F)ccc21. The maximum Gasteiger partial charge on any atom is 0.235 e. The smallest absolute Gasteiger partial charge is 0.235 e. The second kappa shape index (κ2) is 4.86. The number of carbonyl (C=O) groups excluding carboxylic acids is 1. The van der Waals surface area contributed by atoms with Crippen LogP contribution >= 0.6 is 0 Å². The van der Waals surface area contributed by atoms with E-state index in [2.05, 4.69) is 0 Å².